The summed E-state index contributed by atoms with van der Waals surface area (Å²) < 4.78 is 11.2. The summed E-state index contributed by atoms with van der Waals surface area (Å²) in [6, 6.07) is 9.03. The maximum Gasteiger partial charge on any atom is 0.322 e. The van der Waals surface area contributed by atoms with Crippen LogP contribution >= 0.6 is 0 Å². The van der Waals surface area contributed by atoms with Crippen molar-refractivity contribution in [2.75, 3.05) is 25.0 Å². The zero-order valence-electron chi connectivity index (χ0n) is 18.9. The molecule has 1 aliphatic heterocycles. The van der Waals surface area contributed by atoms with Gasteiger partial charge in [0, 0.05) is 24.9 Å². The van der Waals surface area contributed by atoms with Crippen LogP contribution in [0.2, 0.25) is 0 Å². The summed E-state index contributed by atoms with van der Waals surface area (Å²) >= 11 is 0. The van der Waals surface area contributed by atoms with E-state index in [0.717, 1.165) is 36.3 Å². The van der Waals surface area contributed by atoms with E-state index in [-0.39, 0.29) is 30.6 Å². The molecule has 2 aromatic rings. The molecular formula is C24H33N3O4. The van der Waals surface area contributed by atoms with Gasteiger partial charge in [-0.2, -0.15) is 0 Å². The van der Waals surface area contributed by atoms with E-state index in [2.05, 4.69) is 5.32 Å². The van der Waals surface area contributed by atoms with Crippen LogP contribution < -0.4 is 5.32 Å². The standard InChI is InChI=1S/C24H33N3O4/c1-17(2)27(24(29)25-22-11-5-8-18(3)19(22)4)16-23(28)26(14-20-9-6-12-30-20)15-21-10-7-13-31-21/h5-6,8-9,11-12,17,21H,7,10,13-16H2,1-4H3,(H,25,29)/t21-/m1/s1. The van der Waals surface area contributed by atoms with Crippen molar-refractivity contribution in [2.45, 2.75) is 59.2 Å². The minimum atomic E-state index is -0.285. The van der Waals surface area contributed by atoms with Gasteiger partial charge in [-0.25, -0.2) is 4.79 Å². The molecule has 1 atom stereocenters. The Labute approximate surface area is 184 Å². The highest BCUT2D eigenvalue weighted by Crippen LogP contribution is 2.20. The minimum Gasteiger partial charge on any atom is -0.467 e. The number of aryl methyl sites for hydroxylation is 1. The van der Waals surface area contributed by atoms with E-state index in [1.807, 2.05) is 58.0 Å². The molecular weight excluding hydrogens is 394 g/mol. The number of hydrogen-bond donors (Lipinski definition) is 1. The lowest BCUT2D eigenvalue weighted by Crippen LogP contribution is -2.48. The van der Waals surface area contributed by atoms with E-state index in [1.54, 1.807) is 16.1 Å². The van der Waals surface area contributed by atoms with Gasteiger partial charge in [-0.1, -0.05) is 12.1 Å². The van der Waals surface area contributed by atoms with Crippen LogP contribution in [0.1, 0.15) is 43.6 Å². The van der Waals surface area contributed by atoms with E-state index in [1.165, 1.54) is 0 Å². The molecule has 1 aromatic carbocycles. The van der Waals surface area contributed by atoms with E-state index in [9.17, 15) is 9.59 Å². The van der Waals surface area contributed by atoms with Gasteiger partial charge in [0.1, 0.15) is 12.3 Å². The highest BCUT2D eigenvalue weighted by atomic mass is 16.5. The van der Waals surface area contributed by atoms with Gasteiger partial charge in [0.15, 0.2) is 0 Å². The number of nitrogens with zero attached hydrogens (tertiary/aromatic N) is 2. The van der Waals surface area contributed by atoms with Crippen molar-refractivity contribution in [3.8, 4) is 0 Å². The number of carbonyl (C=O) groups excluding carboxylic acids is 2. The Morgan fingerprint density at radius 3 is 2.65 bits per heavy atom. The van der Waals surface area contributed by atoms with Gasteiger partial charge >= 0.3 is 6.03 Å². The van der Waals surface area contributed by atoms with Crippen LogP contribution in [0.5, 0.6) is 0 Å². The Hall–Kier alpha value is -2.80. The molecule has 0 unspecified atom stereocenters. The number of furan rings is 1. The maximum atomic E-state index is 13.3. The van der Waals surface area contributed by atoms with Crippen LogP contribution in [0.15, 0.2) is 41.0 Å². The van der Waals surface area contributed by atoms with E-state index >= 15 is 0 Å². The summed E-state index contributed by atoms with van der Waals surface area (Å²) in [5.41, 5.74) is 2.88. The molecule has 1 fully saturated rings. The fraction of sp³-hybridized carbons (Fsp3) is 0.500. The lowest BCUT2D eigenvalue weighted by molar-refractivity contribution is -0.134. The topological polar surface area (TPSA) is 75.0 Å². The van der Waals surface area contributed by atoms with Gasteiger partial charge in [0.05, 0.1) is 18.9 Å². The van der Waals surface area contributed by atoms with Gasteiger partial charge in [-0.3, -0.25) is 4.79 Å². The van der Waals surface area contributed by atoms with Crippen LogP contribution in [0.4, 0.5) is 10.5 Å². The molecule has 2 heterocycles. The Balaban J connectivity index is 1.71. The number of amides is 3. The summed E-state index contributed by atoms with van der Waals surface area (Å²) in [5.74, 6) is 0.582. The number of carbonyl (C=O) groups is 2. The zero-order chi connectivity index (χ0) is 22.4. The summed E-state index contributed by atoms with van der Waals surface area (Å²) in [6.07, 6.45) is 3.56. The Morgan fingerprint density at radius 1 is 1.19 bits per heavy atom. The smallest absolute Gasteiger partial charge is 0.322 e. The third-order valence-electron chi connectivity index (χ3n) is 5.76. The van der Waals surface area contributed by atoms with Crippen molar-refractivity contribution in [3.63, 3.8) is 0 Å². The largest absolute Gasteiger partial charge is 0.467 e. The van der Waals surface area contributed by atoms with Gasteiger partial charge in [0.2, 0.25) is 5.91 Å². The first kappa shape index (κ1) is 22.9. The van der Waals surface area contributed by atoms with Crippen LogP contribution in [-0.4, -0.2) is 53.6 Å². The summed E-state index contributed by atoms with van der Waals surface area (Å²) in [7, 11) is 0. The first-order chi connectivity index (χ1) is 14.8. The molecule has 0 saturated carbocycles. The first-order valence-electron chi connectivity index (χ1n) is 10.9. The lowest BCUT2D eigenvalue weighted by Gasteiger charge is -2.31. The second-order valence-electron chi connectivity index (χ2n) is 8.39. The summed E-state index contributed by atoms with van der Waals surface area (Å²) in [5, 5.41) is 2.97. The second-order valence-corrected chi connectivity index (χ2v) is 8.39. The average molecular weight is 428 g/mol. The van der Waals surface area contributed by atoms with Crippen molar-refractivity contribution in [1.29, 1.82) is 0 Å². The number of hydrogen-bond acceptors (Lipinski definition) is 4. The molecule has 1 saturated heterocycles. The minimum absolute atomic E-state index is 0.0121. The molecule has 1 aliphatic rings. The predicted octanol–water partition coefficient (Wildman–Crippen LogP) is 4.35. The number of nitrogens with one attached hydrogen (secondary N) is 1. The maximum absolute atomic E-state index is 13.3. The number of benzene rings is 1. The summed E-state index contributed by atoms with van der Waals surface area (Å²) in [4.78, 5) is 29.6. The van der Waals surface area contributed by atoms with Gasteiger partial charge in [-0.05, 0) is 69.9 Å². The fourth-order valence-corrected chi connectivity index (χ4v) is 3.69. The number of rotatable bonds is 8. The molecule has 0 spiro atoms. The zero-order valence-corrected chi connectivity index (χ0v) is 18.9. The molecule has 0 radical (unpaired) electrons. The Kier molecular flexibility index (Phi) is 7.74. The monoisotopic (exact) mass is 427 g/mol. The second kappa shape index (κ2) is 10.5. The summed E-state index contributed by atoms with van der Waals surface area (Å²) in [6.45, 7) is 9.36. The van der Waals surface area contributed by atoms with E-state index in [4.69, 9.17) is 9.15 Å². The molecule has 7 heteroatoms. The molecule has 168 valence electrons. The van der Waals surface area contributed by atoms with Gasteiger partial charge < -0.3 is 24.3 Å². The molecule has 0 bridgehead atoms. The van der Waals surface area contributed by atoms with Crippen molar-refractivity contribution in [1.82, 2.24) is 9.80 Å². The predicted molar refractivity (Wildman–Crippen MR) is 120 cm³/mol. The SMILES string of the molecule is Cc1cccc(NC(=O)N(CC(=O)N(Cc2ccco2)C[C@H]2CCCO2)C(C)C)c1C. The van der Waals surface area contributed by atoms with Crippen molar-refractivity contribution in [3.05, 3.63) is 53.5 Å². The normalized spacial score (nSPS) is 15.8. The van der Waals surface area contributed by atoms with Gasteiger partial charge in [0.25, 0.3) is 0 Å². The van der Waals surface area contributed by atoms with Crippen LogP contribution in [0, 0.1) is 13.8 Å². The van der Waals surface area contributed by atoms with Crippen molar-refractivity contribution in [2.24, 2.45) is 0 Å². The molecule has 0 aliphatic carbocycles. The fourth-order valence-electron chi connectivity index (χ4n) is 3.69. The van der Waals surface area contributed by atoms with Crippen LogP contribution in [0.3, 0.4) is 0 Å². The highest BCUT2D eigenvalue weighted by Gasteiger charge is 2.27. The van der Waals surface area contributed by atoms with Crippen molar-refractivity contribution < 1.29 is 18.7 Å². The quantitative estimate of drug-likeness (QED) is 0.680. The third-order valence-corrected chi connectivity index (χ3v) is 5.76. The van der Waals surface area contributed by atoms with Crippen LogP contribution in [-0.2, 0) is 16.1 Å². The third kappa shape index (κ3) is 6.10. The average Bonchev–Trinajstić information content (AvgIpc) is 3.43. The highest BCUT2D eigenvalue weighted by molar-refractivity contribution is 5.93. The van der Waals surface area contributed by atoms with Crippen molar-refractivity contribution >= 4 is 17.6 Å². The number of urea groups is 1. The molecule has 3 rings (SSSR count). The van der Waals surface area contributed by atoms with Crippen LogP contribution in [0.25, 0.3) is 0 Å². The molecule has 1 aromatic heterocycles. The molecule has 1 N–H and O–H groups in total. The first-order valence-corrected chi connectivity index (χ1v) is 10.9. The molecule has 7 nitrogen and oxygen atoms in total. The van der Waals surface area contributed by atoms with Gasteiger partial charge in [-0.15, -0.1) is 0 Å². The number of ether oxygens (including phenoxy) is 1. The lowest BCUT2D eigenvalue weighted by atomic mass is 10.1. The van der Waals surface area contributed by atoms with E-state index < -0.39 is 0 Å². The Morgan fingerprint density at radius 2 is 2.00 bits per heavy atom. The molecule has 31 heavy (non-hydrogen) atoms. The Bertz CT molecular complexity index is 873. The van der Waals surface area contributed by atoms with E-state index in [0.29, 0.717) is 18.8 Å². The molecule has 3 amide bonds. The number of anilines is 1.